The molecule has 1 saturated heterocycles. The highest BCUT2D eigenvalue weighted by Crippen LogP contribution is 2.36. The zero-order valence-electron chi connectivity index (χ0n) is 21.9. The molecule has 216 valence electrons. The Labute approximate surface area is 230 Å². The first-order valence-corrected chi connectivity index (χ1v) is 12.1. The minimum absolute atomic E-state index is 0.0594. The molecule has 2 atom stereocenters. The molecule has 4 rings (SSSR count). The van der Waals surface area contributed by atoms with E-state index in [1.54, 1.807) is 0 Å². The first-order chi connectivity index (χ1) is 19.4. The molecule has 1 aromatic heterocycles. The molecule has 1 fully saturated rings. The predicted octanol–water partition coefficient (Wildman–Crippen LogP) is 3.16. The van der Waals surface area contributed by atoms with E-state index in [4.69, 9.17) is 4.74 Å². The van der Waals surface area contributed by atoms with Crippen molar-refractivity contribution in [2.45, 2.75) is 25.5 Å². The second kappa shape index (κ2) is 11.7. The van der Waals surface area contributed by atoms with Gasteiger partial charge in [0.05, 0.1) is 12.8 Å². The molecule has 0 radical (unpaired) electrons. The average Bonchev–Trinajstić information content (AvgIpc) is 3.20. The van der Waals surface area contributed by atoms with Crippen LogP contribution in [0.4, 0.5) is 28.9 Å². The van der Waals surface area contributed by atoms with Crippen molar-refractivity contribution in [1.82, 2.24) is 9.88 Å². The number of nitrogens with zero attached hydrogens (tertiary/aromatic N) is 2. The summed E-state index contributed by atoms with van der Waals surface area (Å²) in [6, 6.07) is 6.09. The fraction of sp³-hybridized carbons (Fsp3) is 0.259. The minimum atomic E-state index is -3.08. The van der Waals surface area contributed by atoms with Gasteiger partial charge in [0.2, 0.25) is 11.8 Å². The van der Waals surface area contributed by atoms with Crippen LogP contribution < -0.4 is 30.6 Å². The van der Waals surface area contributed by atoms with E-state index in [2.05, 4.69) is 15.4 Å². The number of hydrogen-bond acceptors (Lipinski definition) is 6. The minimum Gasteiger partial charge on any atom is -0.497 e. The number of aromatic nitrogens is 1. The molecule has 0 spiro atoms. The lowest BCUT2D eigenvalue weighted by Crippen LogP contribution is -2.44. The van der Waals surface area contributed by atoms with Crippen molar-refractivity contribution in [3.63, 3.8) is 0 Å². The standard InChI is InChI=1S/C27H24F4N4O6/c1-13(36)32-15-8-21(25(38)34(2)11-15)35-12-18(22-19(28)9-17(40-3)10-20(22)29)23(26(35)39)33-24(37)14-4-6-16(7-5-14)41-27(30)31/h4-11,18,23,27H,12H2,1-3H3,(H,32,36)(H,33,37)/t18-,23?/m0/s1. The molecule has 10 nitrogen and oxygen atoms in total. The highest BCUT2D eigenvalue weighted by molar-refractivity contribution is 6.05. The Morgan fingerprint density at radius 2 is 1.66 bits per heavy atom. The van der Waals surface area contributed by atoms with Gasteiger partial charge in [0, 0.05) is 55.9 Å². The van der Waals surface area contributed by atoms with Gasteiger partial charge < -0.3 is 29.6 Å². The molecule has 0 saturated carbocycles. The van der Waals surface area contributed by atoms with E-state index in [1.165, 1.54) is 45.5 Å². The molecule has 0 aliphatic carbocycles. The maximum absolute atomic E-state index is 15.2. The smallest absolute Gasteiger partial charge is 0.387 e. The van der Waals surface area contributed by atoms with Gasteiger partial charge in [-0.15, -0.1) is 0 Å². The number of methoxy groups -OCH3 is 1. The number of benzene rings is 2. The first-order valence-electron chi connectivity index (χ1n) is 12.1. The van der Waals surface area contributed by atoms with Gasteiger partial charge in [-0.05, 0) is 30.3 Å². The molecule has 0 bridgehead atoms. The van der Waals surface area contributed by atoms with Gasteiger partial charge in [0.1, 0.15) is 34.9 Å². The molecule has 1 unspecified atom stereocenters. The summed E-state index contributed by atoms with van der Waals surface area (Å²) in [4.78, 5) is 52.3. The number of carbonyl (C=O) groups excluding carboxylic acids is 3. The number of amides is 3. The number of carbonyl (C=O) groups is 3. The Morgan fingerprint density at radius 3 is 2.22 bits per heavy atom. The lowest BCUT2D eigenvalue weighted by molar-refractivity contribution is -0.118. The van der Waals surface area contributed by atoms with Crippen LogP contribution in [0.1, 0.15) is 28.8 Å². The van der Waals surface area contributed by atoms with Crippen molar-refractivity contribution in [2.24, 2.45) is 7.05 Å². The Bertz CT molecular complexity index is 1540. The molecule has 3 aromatic rings. The van der Waals surface area contributed by atoms with Crippen LogP contribution in [0.3, 0.4) is 0 Å². The fourth-order valence-electron chi connectivity index (χ4n) is 4.57. The van der Waals surface area contributed by atoms with Crippen LogP contribution in [-0.4, -0.2) is 48.6 Å². The summed E-state index contributed by atoms with van der Waals surface area (Å²) in [6.07, 6.45) is 1.33. The summed E-state index contributed by atoms with van der Waals surface area (Å²) in [5, 5.41) is 4.96. The quantitative estimate of drug-likeness (QED) is 0.398. The molecule has 41 heavy (non-hydrogen) atoms. The van der Waals surface area contributed by atoms with Gasteiger partial charge in [-0.1, -0.05) is 0 Å². The van der Waals surface area contributed by atoms with E-state index in [1.807, 2.05) is 0 Å². The Kier molecular flexibility index (Phi) is 8.31. The summed E-state index contributed by atoms with van der Waals surface area (Å²) in [5.41, 5.74) is -1.26. The van der Waals surface area contributed by atoms with Crippen LogP contribution in [0, 0.1) is 11.6 Å². The van der Waals surface area contributed by atoms with E-state index in [0.717, 1.165) is 33.7 Å². The van der Waals surface area contributed by atoms with Crippen molar-refractivity contribution >= 4 is 29.1 Å². The van der Waals surface area contributed by atoms with Crippen molar-refractivity contribution < 1.29 is 41.4 Å². The topological polar surface area (TPSA) is 119 Å². The number of alkyl halides is 2. The molecule has 2 aromatic carbocycles. The second-order valence-corrected chi connectivity index (χ2v) is 9.13. The largest absolute Gasteiger partial charge is 0.497 e. The number of rotatable bonds is 8. The molecule has 2 N–H and O–H groups in total. The third kappa shape index (κ3) is 6.15. The fourth-order valence-corrected chi connectivity index (χ4v) is 4.57. The van der Waals surface area contributed by atoms with Crippen LogP contribution in [-0.2, 0) is 16.6 Å². The molecule has 1 aliphatic heterocycles. The summed E-state index contributed by atoms with van der Waals surface area (Å²) >= 11 is 0. The molecule has 3 amide bonds. The van der Waals surface area contributed by atoms with E-state index in [0.29, 0.717) is 0 Å². The molecule has 1 aliphatic rings. The summed E-state index contributed by atoms with van der Waals surface area (Å²) in [7, 11) is 2.60. The van der Waals surface area contributed by atoms with E-state index < -0.39 is 65.6 Å². The van der Waals surface area contributed by atoms with Crippen LogP contribution >= 0.6 is 0 Å². The molecule has 14 heteroatoms. The third-order valence-corrected chi connectivity index (χ3v) is 6.38. The zero-order chi connectivity index (χ0) is 30.0. The van der Waals surface area contributed by atoms with E-state index in [9.17, 15) is 28.0 Å². The van der Waals surface area contributed by atoms with Gasteiger partial charge in [0.15, 0.2) is 0 Å². The van der Waals surface area contributed by atoms with Crippen LogP contribution in [0.2, 0.25) is 0 Å². The number of anilines is 2. The Morgan fingerprint density at radius 1 is 1.02 bits per heavy atom. The number of nitrogens with one attached hydrogen (secondary N) is 2. The van der Waals surface area contributed by atoms with E-state index in [-0.39, 0.29) is 28.4 Å². The average molecular weight is 577 g/mol. The van der Waals surface area contributed by atoms with Crippen molar-refractivity contribution in [1.29, 1.82) is 0 Å². The normalized spacial score (nSPS) is 16.6. The van der Waals surface area contributed by atoms with Crippen LogP contribution in [0.25, 0.3) is 0 Å². The van der Waals surface area contributed by atoms with Crippen molar-refractivity contribution in [3.8, 4) is 11.5 Å². The number of aryl methyl sites for hydroxylation is 1. The third-order valence-electron chi connectivity index (χ3n) is 6.38. The lowest BCUT2D eigenvalue weighted by atomic mass is 9.92. The maximum Gasteiger partial charge on any atom is 0.387 e. The summed E-state index contributed by atoms with van der Waals surface area (Å²) in [6.45, 7) is -2.25. The van der Waals surface area contributed by atoms with E-state index >= 15 is 8.78 Å². The Balaban J connectivity index is 1.75. The first kappa shape index (κ1) is 29.1. The second-order valence-electron chi connectivity index (χ2n) is 9.13. The summed E-state index contributed by atoms with van der Waals surface area (Å²) < 4.78 is 65.6. The monoisotopic (exact) mass is 576 g/mol. The van der Waals surface area contributed by atoms with Gasteiger partial charge in [-0.25, -0.2) is 8.78 Å². The number of halogens is 4. The molecular weight excluding hydrogens is 552 g/mol. The number of ether oxygens (including phenoxy) is 2. The predicted molar refractivity (Wildman–Crippen MR) is 138 cm³/mol. The number of pyridine rings is 1. The summed E-state index contributed by atoms with van der Waals surface area (Å²) in [5.74, 6) is -5.89. The molecular formula is C27H24F4N4O6. The van der Waals surface area contributed by atoms with Gasteiger partial charge in [0.25, 0.3) is 11.5 Å². The maximum atomic E-state index is 15.2. The van der Waals surface area contributed by atoms with Crippen LogP contribution in [0.5, 0.6) is 11.5 Å². The van der Waals surface area contributed by atoms with Crippen molar-refractivity contribution in [2.75, 3.05) is 23.9 Å². The highest BCUT2D eigenvalue weighted by atomic mass is 19.3. The van der Waals surface area contributed by atoms with Gasteiger partial charge >= 0.3 is 6.61 Å². The SMILES string of the molecule is COc1cc(F)c([C@@H]2CN(c3cc(NC(C)=O)cn(C)c3=O)C(=O)C2NC(=O)c2ccc(OC(F)F)cc2)c(F)c1. The van der Waals surface area contributed by atoms with Gasteiger partial charge in [-0.3, -0.25) is 19.2 Å². The Hall–Kier alpha value is -4.88. The zero-order valence-corrected chi connectivity index (χ0v) is 21.9. The van der Waals surface area contributed by atoms with Crippen LogP contribution in [0.15, 0.2) is 53.5 Å². The van der Waals surface area contributed by atoms with Gasteiger partial charge in [-0.2, -0.15) is 8.78 Å². The highest BCUT2D eigenvalue weighted by Gasteiger charge is 2.46. The van der Waals surface area contributed by atoms with Crippen molar-refractivity contribution in [3.05, 3.63) is 81.8 Å². The molecule has 2 heterocycles. The lowest BCUT2D eigenvalue weighted by Gasteiger charge is -2.20. The number of hydrogen-bond donors (Lipinski definition) is 2.